The molecule has 0 aliphatic carbocycles. The zero-order valence-corrected chi connectivity index (χ0v) is 26.1. The van der Waals surface area contributed by atoms with Crippen molar-refractivity contribution in [2.45, 2.75) is 39.5 Å². The van der Waals surface area contributed by atoms with Gasteiger partial charge in [0.1, 0.15) is 5.75 Å². The number of fused-ring (bicyclic) bond motifs is 1. The SMILES string of the molecule is CC(C)c1cccc(C(C)C)c1-c1cnn(-c2[c-]c(Oc3[c-]c(B4Oc5ccccc5N4C)ccc3)ccc2)c1.[Pt+2]. The fourth-order valence-corrected chi connectivity index (χ4v) is 5.33. The van der Waals surface area contributed by atoms with Crippen LogP contribution in [0.25, 0.3) is 16.8 Å². The first-order valence-corrected chi connectivity index (χ1v) is 13.8. The summed E-state index contributed by atoms with van der Waals surface area (Å²) < 4.78 is 14.3. The number of anilines is 1. The summed E-state index contributed by atoms with van der Waals surface area (Å²) in [5, 5.41) is 4.71. The predicted octanol–water partition coefficient (Wildman–Crippen LogP) is 7.40. The van der Waals surface area contributed by atoms with Gasteiger partial charge in [-0.15, -0.1) is 35.8 Å². The van der Waals surface area contributed by atoms with Crippen molar-refractivity contribution >= 4 is 18.2 Å². The van der Waals surface area contributed by atoms with Crippen LogP contribution in [0.3, 0.4) is 0 Å². The number of para-hydroxylation sites is 2. The Bertz CT molecular complexity index is 1640. The van der Waals surface area contributed by atoms with Crippen LogP contribution in [-0.2, 0) is 21.1 Å². The third-order valence-corrected chi connectivity index (χ3v) is 7.36. The minimum atomic E-state index is -0.261. The second-order valence-electron chi connectivity index (χ2n) is 10.8. The fourth-order valence-electron chi connectivity index (χ4n) is 5.33. The van der Waals surface area contributed by atoms with E-state index in [4.69, 9.17) is 14.5 Å². The van der Waals surface area contributed by atoms with Gasteiger partial charge in [-0.3, -0.25) is 4.68 Å². The van der Waals surface area contributed by atoms with Crippen LogP contribution in [0.2, 0.25) is 0 Å². The van der Waals surface area contributed by atoms with Gasteiger partial charge in [0.25, 0.3) is 0 Å². The maximum Gasteiger partial charge on any atom is 2.00 e. The van der Waals surface area contributed by atoms with Crippen molar-refractivity contribution < 1.29 is 30.5 Å². The van der Waals surface area contributed by atoms with Gasteiger partial charge in [0.2, 0.25) is 0 Å². The summed E-state index contributed by atoms with van der Waals surface area (Å²) in [6, 6.07) is 33.1. The monoisotopic (exact) mass is 720 g/mol. The molecule has 0 unspecified atom stereocenters. The van der Waals surface area contributed by atoms with E-state index in [1.807, 2.05) is 72.5 Å². The Morgan fingerprint density at radius 1 is 0.805 bits per heavy atom. The van der Waals surface area contributed by atoms with E-state index in [-0.39, 0.29) is 28.1 Å². The molecule has 0 radical (unpaired) electrons. The summed E-state index contributed by atoms with van der Waals surface area (Å²) >= 11 is 0. The molecule has 0 spiro atoms. The second kappa shape index (κ2) is 12.0. The molecule has 5 nitrogen and oxygen atoms in total. The first-order chi connectivity index (χ1) is 19.4. The molecule has 41 heavy (non-hydrogen) atoms. The Hall–Kier alpha value is -3.76. The summed E-state index contributed by atoms with van der Waals surface area (Å²) in [6.07, 6.45) is 4.03. The van der Waals surface area contributed by atoms with Crippen LogP contribution in [0.1, 0.15) is 50.7 Å². The van der Waals surface area contributed by atoms with Gasteiger partial charge in [-0.2, -0.15) is 23.3 Å². The maximum atomic E-state index is 6.22. The molecule has 7 heteroatoms. The summed E-state index contributed by atoms with van der Waals surface area (Å²) in [5.41, 5.74) is 7.82. The van der Waals surface area contributed by atoms with Crippen molar-refractivity contribution in [1.29, 1.82) is 0 Å². The molecule has 1 aromatic heterocycles. The molecule has 5 aromatic rings. The van der Waals surface area contributed by atoms with E-state index >= 15 is 0 Å². The topological polar surface area (TPSA) is 39.5 Å². The van der Waals surface area contributed by atoms with Crippen LogP contribution in [0.4, 0.5) is 5.69 Å². The Morgan fingerprint density at radius 2 is 1.46 bits per heavy atom. The largest absolute Gasteiger partial charge is 2.00 e. The van der Waals surface area contributed by atoms with Gasteiger partial charge in [-0.25, -0.2) is 0 Å². The van der Waals surface area contributed by atoms with Gasteiger partial charge in [-0.1, -0.05) is 58.0 Å². The molecule has 6 rings (SSSR count). The summed E-state index contributed by atoms with van der Waals surface area (Å²) in [4.78, 5) is 2.11. The fraction of sp³-hybridized carbons (Fsp3) is 0.206. The average molecular weight is 721 g/mol. The number of benzene rings is 4. The number of aromatic nitrogens is 2. The normalized spacial score (nSPS) is 12.4. The molecule has 0 saturated heterocycles. The summed E-state index contributed by atoms with van der Waals surface area (Å²) in [7, 11) is 1.76. The third kappa shape index (κ3) is 5.71. The molecular formula is C34H32BN3O2Pt. The van der Waals surface area contributed by atoms with Gasteiger partial charge in [0, 0.05) is 23.3 Å². The van der Waals surface area contributed by atoms with Crippen LogP contribution in [0.15, 0.2) is 91.3 Å². The molecule has 0 fully saturated rings. The van der Waals surface area contributed by atoms with E-state index < -0.39 is 0 Å². The molecule has 1 aliphatic heterocycles. The predicted molar refractivity (Wildman–Crippen MR) is 162 cm³/mol. The Balaban J connectivity index is 0.00000337. The molecule has 1 aliphatic rings. The Morgan fingerprint density at radius 3 is 2.17 bits per heavy atom. The molecule has 0 amide bonds. The quantitative estimate of drug-likeness (QED) is 0.130. The number of nitrogens with zero attached hydrogens (tertiary/aromatic N) is 3. The van der Waals surface area contributed by atoms with Gasteiger partial charge >= 0.3 is 28.1 Å². The number of hydrogen-bond acceptors (Lipinski definition) is 4. The van der Waals surface area contributed by atoms with Crippen LogP contribution in [0, 0.1) is 12.1 Å². The van der Waals surface area contributed by atoms with Gasteiger partial charge in [0.15, 0.2) is 0 Å². The minimum Gasteiger partial charge on any atom is -0.537 e. The number of rotatable bonds is 7. The molecule has 0 atom stereocenters. The Kier molecular flexibility index (Phi) is 8.42. The first-order valence-electron chi connectivity index (χ1n) is 13.8. The molecule has 0 saturated carbocycles. The van der Waals surface area contributed by atoms with Crippen molar-refractivity contribution in [3.05, 3.63) is 115 Å². The van der Waals surface area contributed by atoms with E-state index in [2.05, 4.69) is 75.1 Å². The summed E-state index contributed by atoms with van der Waals surface area (Å²) in [6.45, 7) is 8.96. The molecule has 2 heterocycles. The van der Waals surface area contributed by atoms with Crippen LogP contribution < -0.4 is 19.7 Å². The molecule has 4 aromatic carbocycles. The zero-order valence-electron chi connectivity index (χ0n) is 23.9. The molecular weight excluding hydrogens is 688 g/mol. The van der Waals surface area contributed by atoms with E-state index in [9.17, 15) is 0 Å². The Labute approximate surface area is 257 Å². The van der Waals surface area contributed by atoms with E-state index in [1.54, 1.807) is 0 Å². The molecule has 208 valence electrons. The van der Waals surface area contributed by atoms with E-state index in [0.717, 1.165) is 28.2 Å². The second-order valence-corrected chi connectivity index (χ2v) is 10.8. The third-order valence-electron chi connectivity index (χ3n) is 7.36. The van der Waals surface area contributed by atoms with Crippen LogP contribution in [-0.4, -0.2) is 23.9 Å². The van der Waals surface area contributed by atoms with Crippen molar-refractivity contribution in [3.8, 4) is 34.1 Å². The number of hydrogen-bond donors (Lipinski definition) is 0. The number of ether oxygens (including phenoxy) is 1. The van der Waals surface area contributed by atoms with Crippen molar-refractivity contribution in [1.82, 2.24) is 9.78 Å². The van der Waals surface area contributed by atoms with E-state index in [1.165, 1.54) is 16.7 Å². The van der Waals surface area contributed by atoms with Crippen molar-refractivity contribution in [3.63, 3.8) is 0 Å². The molecule has 0 bridgehead atoms. The van der Waals surface area contributed by atoms with E-state index in [0.29, 0.717) is 23.3 Å². The van der Waals surface area contributed by atoms with Crippen LogP contribution >= 0.6 is 0 Å². The zero-order chi connectivity index (χ0) is 27.8. The van der Waals surface area contributed by atoms with Gasteiger partial charge in [0.05, 0.1) is 11.9 Å². The van der Waals surface area contributed by atoms with Crippen molar-refractivity contribution in [2.24, 2.45) is 0 Å². The van der Waals surface area contributed by atoms with Gasteiger partial charge < -0.3 is 14.2 Å². The van der Waals surface area contributed by atoms with Crippen molar-refractivity contribution in [2.75, 3.05) is 11.9 Å². The smallest absolute Gasteiger partial charge is 0.537 e. The average Bonchev–Trinajstić information content (AvgIpc) is 3.58. The molecule has 0 N–H and O–H groups in total. The minimum absolute atomic E-state index is 0. The van der Waals surface area contributed by atoms with Gasteiger partial charge in [-0.05, 0) is 53.4 Å². The standard InChI is InChI=1S/C34H32BN3O2.Pt/c1-23(2)30-15-10-16-31(24(3)4)34(30)25-21-36-38(22-25)27-12-9-14-29(20-27)39-28-13-8-11-26(19-28)35-37(5)32-17-6-7-18-33(32)40-35;/h6-18,21-24H,1-5H3;/q-2;+2. The maximum absolute atomic E-state index is 6.22. The summed E-state index contributed by atoms with van der Waals surface area (Å²) in [5.74, 6) is 2.89. The van der Waals surface area contributed by atoms with Crippen LogP contribution in [0.5, 0.6) is 17.2 Å². The first kappa shape index (κ1) is 28.8.